The maximum Gasteiger partial charge on any atom is 0.191 e. The summed E-state index contributed by atoms with van der Waals surface area (Å²) in [7, 11) is 3.67. The van der Waals surface area contributed by atoms with Gasteiger partial charge in [-0.15, -0.1) is 0 Å². The Morgan fingerprint density at radius 3 is 2.80 bits per heavy atom. The predicted molar refractivity (Wildman–Crippen MR) is 104 cm³/mol. The van der Waals surface area contributed by atoms with Gasteiger partial charge in [0.05, 0.1) is 6.54 Å². The molecule has 1 unspecified atom stereocenters. The van der Waals surface area contributed by atoms with E-state index in [-0.39, 0.29) is 0 Å². The number of aromatic nitrogens is 3. The van der Waals surface area contributed by atoms with Gasteiger partial charge < -0.3 is 15.5 Å². The molecule has 0 bridgehead atoms. The molecular formula is C17H24BrN7. The fourth-order valence-corrected chi connectivity index (χ4v) is 3.25. The minimum Gasteiger partial charge on any atom is -0.371 e. The number of halogens is 1. The molecule has 0 radical (unpaired) electrons. The van der Waals surface area contributed by atoms with E-state index in [1.54, 1.807) is 18.1 Å². The van der Waals surface area contributed by atoms with E-state index >= 15 is 0 Å². The minimum absolute atomic E-state index is 0.603. The van der Waals surface area contributed by atoms with Gasteiger partial charge in [0.25, 0.3) is 0 Å². The first-order valence-corrected chi connectivity index (χ1v) is 9.23. The molecule has 1 saturated heterocycles. The summed E-state index contributed by atoms with van der Waals surface area (Å²) >= 11 is 3.49. The minimum atomic E-state index is 0.603. The standard InChI is InChI=1S/C17H24BrN7/c1-19-17(21-10-16-22-12-23-24(16)2)20-9-13-7-8-25(11-13)15-5-3-14(18)4-6-15/h3-6,12-13H,7-11H2,1-2H3,(H2,19,20,21). The van der Waals surface area contributed by atoms with Crippen LogP contribution in [0.5, 0.6) is 0 Å². The molecule has 0 spiro atoms. The molecular weight excluding hydrogens is 382 g/mol. The number of anilines is 1. The lowest BCUT2D eigenvalue weighted by molar-refractivity contribution is 0.564. The number of nitrogens with zero attached hydrogens (tertiary/aromatic N) is 5. The lowest BCUT2D eigenvalue weighted by atomic mass is 10.1. The average Bonchev–Trinajstić information content (AvgIpc) is 3.25. The molecule has 1 aromatic carbocycles. The monoisotopic (exact) mass is 405 g/mol. The van der Waals surface area contributed by atoms with Crippen molar-refractivity contribution in [1.29, 1.82) is 0 Å². The van der Waals surface area contributed by atoms with Crippen molar-refractivity contribution in [2.75, 3.05) is 31.6 Å². The third kappa shape index (κ3) is 4.72. The molecule has 134 valence electrons. The Balaban J connectivity index is 1.45. The lowest BCUT2D eigenvalue weighted by Gasteiger charge is -2.19. The largest absolute Gasteiger partial charge is 0.371 e. The highest BCUT2D eigenvalue weighted by atomic mass is 79.9. The Labute approximate surface area is 156 Å². The number of hydrogen-bond acceptors (Lipinski definition) is 4. The fraction of sp³-hybridized carbons (Fsp3) is 0.471. The third-order valence-electron chi connectivity index (χ3n) is 4.48. The molecule has 0 aliphatic carbocycles. The van der Waals surface area contributed by atoms with Crippen LogP contribution in [0.15, 0.2) is 40.1 Å². The van der Waals surface area contributed by atoms with E-state index in [0.29, 0.717) is 12.5 Å². The number of benzene rings is 1. The summed E-state index contributed by atoms with van der Waals surface area (Å²) < 4.78 is 2.87. The number of aliphatic imine (C=N–C) groups is 1. The van der Waals surface area contributed by atoms with Gasteiger partial charge in [0, 0.05) is 43.9 Å². The summed E-state index contributed by atoms with van der Waals surface area (Å²) in [6, 6.07) is 8.53. The summed E-state index contributed by atoms with van der Waals surface area (Å²) in [5, 5.41) is 10.8. The number of rotatable bonds is 5. The van der Waals surface area contributed by atoms with Crippen LogP contribution in [-0.4, -0.2) is 47.4 Å². The fourth-order valence-electron chi connectivity index (χ4n) is 2.99. The van der Waals surface area contributed by atoms with Gasteiger partial charge in [-0.05, 0) is 36.6 Å². The van der Waals surface area contributed by atoms with Crippen molar-refractivity contribution >= 4 is 27.6 Å². The second-order valence-corrected chi connectivity index (χ2v) is 7.10. The van der Waals surface area contributed by atoms with E-state index < -0.39 is 0 Å². The predicted octanol–water partition coefficient (Wildman–Crippen LogP) is 1.77. The van der Waals surface area contributed by atoms with Crippen LogP contribution >= 0.6 is 15.9 Å². The average molecular weight is 406 g/mol. The SMILES string of the molecule is CN=C(NCc1ncnn1C)NCC1CCN(c2ccc(Br)cc2)C1. The van der Waals surface area contributed by atoms with Crippen LogP contribution in [-0.2, 0) is 13.6 Å². The van der Waals surface area contributed by atoms with Crippen LogP contribution in [0.1, 0.15) is 12.2 Å². The molecule has 0 amide bonds. The molecule has 1 aliphatic heterocycles. The van der Waals surface area contributed by atoms with Crippen LogP contribution in [0.2, 0.25) is 0 Å². The Morgan fingerprint density at radius 2 is 2.12 bits per heavy atom. The summed E-state index contributed by atoms with van der Waals surface area (Å²) in [4.78, 5) is 10.9. The van der Waals surface area contributed by atoms with Gasteiger partial charge in [0.2, 0.25) is 0 Å². The number of aryl methyl sites for hydroxylation is 1. The summed E-state index contributed by atoms with van der Waals surface area (Å²) in [6.45, 7) is 3.67. The second-order valence-electron chi connectivity index (χ2n) is 6.18. The third-order valence-corrected chi connectivity index (χ3v) is 5.01. The molecule has 1 aromatic heterocycles. The van der Waals surface area contributed by atoms with Crippen molar-refractivity contribution in [3.63, 3.8) is 0 Å². The van der Waals surface area contributed by atoms with Gasteiger partial charge in [0.1, 0.15) is 12.2 Å². The van der Waals surface area contributed by atoms with E-state index in [1.807, 2.05) is 7.05 Å². The van der Waals surface area contributed by atoms with Crippen molar-refractivity contribution in [1.82, 2.24) is 25.4 Å². The van der Waals surface area contributed by atoms with Crippen LogP contribution in [0.25, 0.3) is 0 Å². The molecule has 7 nitrogen and oxygen atoms in total. The molecule has 2 N–H and O–H groups in total. The Morgan fingerprint density at radius 1 is 1.32 bits per heavy atom. The Hall–Kier alpha value is -2.09. The quantitative estimate of drug-likeness (QED) is 0.585. The zero-order valence-corrected chi connectivity index (χ0v) is 16.2. The number of guanidine groups is 1. The Kier molecular flexibility index (Phi) is 5.91. The summed E-state index contributed by atoms with van der Waals surface area (Å²) in [5.41, 5.74) is 1.29. The second kappa shape index (κ2) is 8.33. The summed E-state index contributed by atoms with van der Waals surface area (Å²) in [5.74, 6) is 2.28. The highest BCUT2D eigenvalue weighted by Crippen LogP contribution is 2.24. The number of hydrogen-bond donors (Lipinski definition) is 2. The molecule has 2 heterocycles. The van der Waals surface area contributed by atoms with Gasteiger partial charge in [0.15, 0.2) is 5.96 Å². The summed E-state index contributed by atoms with van der Waals surface area (Å²) in [6.07, 6.45) is 2.74. The molecule has 25 heavy (non-hydrogen) atoms. The zero-order valence-electron chi connectivity index (χ0n) is 14.6. The van der Waals surface area contributed by atoms with E-state index in [9.17, 15) is 0 Å². The van der Waals surface area contributed by atoms with Crippen molar-refractivity contribution in [2.45, 2.75) is 13.0 Å². The van der Waals surface area contributed by atoms with E-state index in [4.69, 9.17) is 0 Å². The van der Waals surface area contributed by atoms with Crippen molar-refractivity contribution < 1.29 is 0 Å². The first kappa shape index (κ1) is 17.7. The first-order chi connectivity index (χ1) is 12.2. The van der Waals surface area contributed by atoms with Gasteiger partial charge in [-0.1, -0.05) is 15.9 Å². The van der Waals surface area contributed by atoms with E-state index in [0.717, 1.165) is 35.9 Å². The highest BCUT2D eigenvalue weighted by molar-refractivity contribution is 9.10. The molecule has 3 rings (SSSR count). The van der Waals surface area contributed by atoms with Crippen molar-refractivity contribution in [3.8, 4) is 0 Å². The van der Waals surface area contributed by atoms with Crippen LogP contribution < -0.4 is 15.5 Å². The van der Waals surface area contributed by atoms with Crippen LogP contribution in [0.3, 0.4) is 0 Å². The van der Waals surface area contributed by atoms with Crippen LogP contribution in [0, 0.1) is 5.92 Å². The van der Waals surface area contributed by atoms with Crippen molar-refractivity contribution in [2.24, 2.45) is 18.0 Å². The molecule has 1 aliphatic rings. The molecule has 2 aromatic rings. The molecule has 1 fully saturated rings. The van der Waals surface area contributed by atoms with Gasteiger partial charge in [-0.3, -0.25) is 9.67 Å². The maximum atomic E-state index is 4.28. The number of nitrogens with one attached hydrogen (secondary N) is 2. The van der Waals surface area contributed by atoms with Gasteiger partial charge >= 0.3 is 0 Å². The van der Waals surface area contributed by atoms with Crippen molar-refractivity contribution in [3.05, 3.63) is 40.9 Å². The van der Waals surface area contributed by atoms with Gasteiger partial charge in [-0.25, -0.2) is 4.98 Å². The smallest absolute Gasteiger partial charge is 0.191 e. The molecule has 1 atom stereocenters. The highest BCUT2D eigenvalue weighted by Gasteiger charge is 2.22. The van der Waals surface area contributed by atoms with Crippen LogP contribution in [0.4, 0.5) is 5.69 Å². The van der Waals surface area contributed by atoms with E-state index in [2.05, 4.69) is 70.8 Å². The normalized spacial score (nSPS) is 17.8. The zero-order chi connectivity index (χ0) is 17.6. The topological polar surface area (TPSA) is 70.4 Å². The molecule has 8 heteroatoms. The van der Waals surface area contributed by atoms with E-state index in [1.165, 1.54) is 12.1 Å². The first-order valence-electron chi connectivity index (χ1n) is 8.43. The maximum absolute atomic E-state index is 4.28. The Bertz CT molecular complexity index is 710. The lowest BCUT2D eigenvalue weighted by Crippen LogP contribution is -2.40. The molecule has 0 saturated carbocycles. The van der Waals surface area contributed by atoms with Gasteiger partial charge in [-0.2, -0.15) is 5.10 Å².